The van der Waals surface area contributed by atoms with Crippen molar-refractivity contribution in [3.8, 4) is 0 Å². The summed E-state index contributed by atoms with van der Waals surface area (Å²) in [5, 5.41) is 0. The summed E-state index contributed by atoms with van der Waals surface area (Å²) in [5.41, 5.74) is 5.50. The summed E-state index contributed by atoms with van der Waals surface area (Å²) in [7, 11) is 0. The molecular weight excluding hydrogens is 180 g/mol. The number of nitrogens with zero attached hydrogens (tertiary/aromatic N) is 1. The number of amides is 1. The molecule has 0 rings (SSSR count). The molecule has 0 aromatic carbocycles. The SMILES string of the molecule is CCN(CC(C)CN)C(=O)OC(C)C. The average molecular weight is 202 g/mol. The molecule has 1 atom stereocenters. The van der Waals surface area contributed by atoms with Crippen LogP contribution in [-0.4, -0.2) is 36.7 Å². The molecule has 0 bridgehead atoms. The van der Waals surface area contributed by atoms with E-state index >= 15 is 0 Å². The minimum Gasteiger partial charge on any atom is -0.447 e. The number of hydrogen-bond acceptors (Lipinski definition) is 3. The standard InChI is InChI=1S/C10H22N2O2/c1-5-12(7-9(4)6-11)10(13)14-8(2)3/h8-9H,5-7,11H2,1-4H3. The van der Waals surface area contributed by atoms with Crippen LogP contribution in [0, 0.1) is 5.92 Å². The molecule has 0 aromatic rings. The van der Waals surface area contributed by atoms with Gasteiger partial charge >= 0.3 is 6.09 Å². The zero-order valence-electron chi connectivity index (χ0n) is 9.62. The third kappa shape index (κ3) is 5.07. The fourth-order valence-corrected chi connectivity index (χ4v) is 1.06. The van der Waals surface area contributed by atoms with Crippen LogP contribution >= 0.6 is 0 Å². The van der Waals surface area contributed by atoms with Gasteiger partial charge in [0.25, 0.3) is 0 Å². The fourth-order valence-electron chi connectivity index (χ4n) is 1.06. The van der Waals surface area contributed by atoms with Crippen LogP contribution in [0.25, 0.3) is 0 Å². The molecule has 4 nitrogen and oxygen atoms in total. The second-order valence-electron chi connectivity index (χ2n) is 3.81. The molecule has 4 heteroatoms. The van der Waals surface area contributed by atoms with Gasteiger partial charge in [-0.1, -0.05) is 6.92 Å². The smallest absolute Gasteiger partial charge is 0.410 e. The first-order valence-corrected chi connectivity index (χ1v) is 5.16. The predicted octanol–water partition coefficient (Wildman–Crippen LogP) is 1.45. The van der Waals surface area contributed by atoms with Gasteiger partial charge in [-0.05, 0) is 33.2 Å². The van der Waals surface area contributed by atoms with Gasteiger partial charge in [0, 0.05) is 13.1 Å². The fraction of sp³-hybridized carbons (Fsp3) is 0.900. The van der Waals surface area contributed by atoms with E-state index in [1.807, 2.05) is 27.7 Å². The van der Waals surface area contributed by atoms with Crippen LogP contribution in [-0.2, 0) is 4.74 Å². The second kappa shape index (κ2) is 6.65. The lowest BCUT2D eigenvalue weighted by molar-refractivity contribution is 0.0746. The zero-order chi connectivity index (χ0) is 11.1. The van der Waals surface area contributed by atoms with E-state index in [-0.39, 0.29) is 12.2 Å². The minimum atomic E-state index is -0.247. The Labute approximate surface area is 86.4 Å². The van der Waals surface area contributed by atoms with Gasteiger partial charge in [0.2, 0.25) is 0 Å². The van der Waals surface area contributed by atoms with Gasteiger partial charge in [-0.15, -0.1) is 0 Å². The lowest BCUT2D eigenvalue weighted by Gasteiger charge is -2.24. The van der Waals surface area contributed by atoms with Crippen molar-refractivity contribution < 1.29 is 9.53 Å². The Hall–Kier alpha value is -0.770. The van der Waals surface area contributed by atoms with E-state index < -0.39 is 0 Å². The van der Waals surface area contributed by atoms with Crippen LogP contribution in [0.2, 0.25) is 0 Å². The van der Waals surface area contributed by atoms with E-state index in [9.17, 15) is 4.79 Å². The van der Waals surface area contributed by atoms with E-state index in [4.69, 9.17) is 10.5 Å². The molecule has 1 amide bonds. The Balaban J connectivity index is 4.05. The molecule has 0 aromatic heterocycles. The molecule has 0 heterocycles. The first kappa shape index (κ1) is 13.2. The lowest BCUT2D eigenvalue weighted by atomic mass is 10.2. The number of rotatable bonds is 5. The maximum atomic E-state index is 11.5. The highest BCUT2D eigenvalue weighted by atomic mass is 16.6. The maximum absolute atomic E-state index is 11.5. The van der Waals surface area contributed by atoms with Gasteiger partial charge in [-0.3, -0.25) is 0 Å². The molecule has 0 spiro atoms. The second-order valence-corrected chi connectivity index (χ2v) is 3.81. The molecule has 0 aliphatic carbocycles. The highest BCUT2D eigenvalue weighted by molar-refractivity contribution is 5.67. The predicted molar refractivity (Wildman–Crippen MR) is 57.1 cm³/mol. The first-order valence-electron chi connectivity index (χ1n) is 5.16. The monoisotopic (exact) mass is 202 g/mol. The summed E-state index contributed by atoms with van der Waals surface area (Å²) < 4.78 is 5.09. The maximum Gasteiger partial charge on any atom is 0.410 e. The molecule has 0 aliphatic heterocycles. The third-order valence-corrected chi connectivity index (χ3v) is 1.91. The van der Waals surface area contributed by atoms with Crippen molar-refractivity contribution in [2.75, 3.05) is 19.6 Å². The van der Waals surface area contributed by atoms with E-state index in [0.29, 0.717) is 25.6 Å². The zero-order valence-corrected chi connectivity index (χ0v) is 9.62. The van der Waals surface area contributed by atoms with Crippen LogP contribution in [0.3, 0.4) is 0 Å². The summed E-state index contributed by atoms with van der Waals surface area (Å²) in [6.07, 6.45) is -0.312. The van der Waals surface area contributed by atoms with Crippen LogP contribution in [0.1, 0.15) is 27.7 Å². The molecule has 0 saturated heterocycles. The van der Waals surface area contributed by atoms with Gasteiger partial charge in [-0.2, -0.15) is 0 Å². The molecule has 14 heavy (non-hydrogen) atoms. The molecular formula is C10H22N2O2. The van der Waals surface area contributed by atoms with E-state index in [0.717, 1.165) is 0 Å². The van der Waals surface area contributed by atoms with Crippen molar-refractivity contribution in [2.45, 2.75) is 33.8 Å². The summed E-state index contributed by atoms with van der Waals surface area (Å²) >= 11 is 0. The summed E-state index contributed by atoms with van der Waals surface area (Å²) in [4.78, 5) is 13.2. The number of carbonyl (C=O) groups is 1. The largest absolute Gasteiger partial charge is 0.447 e. The molecule has 0 radical (unpaired) electrons. The van der Waals surface area contributed by atoms with Gasteiger partial charge in [-0.25, -0.2) is 4.79 Å². The van der Waals surface area contributed by atoms with Crippen molar-refractivity contribution in [1.82, 2.24) is 4.90 Å². The van der Waals surface area contributed by atoms with Gasteiger partial charge in [0.15, 0.2) is 0 Å². The molecule has 84 valence electrons. The van der Waals surface area contributed by atoms with Crippen LogP contribution in [0.4, 0.5) is 4.79 Å². The van der Waals surface area contributed by atoms with Crippen LogP contribution in [0.15, 0.2) is 0 Å². The normalized spacial score (nSPS) is 12.7. The number of nitrogens with two attached hydrogens (primary N) is 1. The summed E-state index contributed by atoms with van der Waals surface area (Å²) in [6.45, 7) is 9.56. The lowest BCUT2D eigenvalue weighted by Crippen LogP contribution is -2.37. The van der Waals surface area contributed by atoms with E-state index in [1.54, 1.807) is 4.90 Å². The van der Waals surface area contributed by atoms with Gasteiger partial charge in [0.1, 0.15) is 0 Å². The van der Waals surface area contributed by atoms with Crippen molar-refractivity contribution >= 4 is 6.09 Å². The molecule has 2 N–H and O–H groups in total. The van der Waals surface area contributed by atoms with E-state index in [2.05, 4.69) is 0 Å². The summed E-state index contributed by atoms with van der Waals surface area (Å²) in [5.74, 6) is 0.315. The highest BCUT2D eigenvalue weighted by Gasteiger charge is 2.16. The van der Waals surface area contributed by atoms with Crippen molar-refractivity contribution in [2.24, 2.45) is 11.7 Å². The number of carbonyl (C=O) groups excluding carboxylic acids is 1. The van der Waals surface area contributed by atoms with Crippen molar-refractivity contribution in [3.63, 3.8) is 0 Å². The molecule has 0 fully saturated rings. The van der Waals surface area contributed by atoms with E-state index in [1.165, 1.54) is 0 Å². The van der Waals surface area contributed by atoms with Crippen LogP contribution in [0.5, 0.6) is 0 Å². The Kier molecular flexibility index (Phi) is 6.28. The average Bonchev–Trinajstić information content (AvgIpc) is 2.12. The van der Waals surface area contributed by atoms with Gasteiger partial charge < -0.3 is 15.4 Å². The van der Waals surface area contributed by atoms with Crippen molar-refractivity contribution in [1.29, 1.82) is 0 Å². The molecule has 0 aliphatic rings. The molecule has 1 unspecified atom stereocenters. The number of ether oxygens (including phenoxy) is 1. The Morgan fingerprint density at radius 3 is 2.36 bits per heavy atom. The topological polar surface area (TPSA) is 55.6 Å². The Morgan fingerprint density at radius 2 is 2.00 bits per heavy atom. The molecule has 0 saturated carbocycles. The van der Waals surface area contributed by atoms with Gasteiger partial charge in [0.05, 0.1) is 6.10 Å². The Morgan fingerprint density at radius 1 is 1.43 bits per heavy atom. The van der Waals surface area contributed by atoms with Crippen LogP contribution < -0.4 is 5.73 Å². The highest BCUT2D eigenvalue weighted by Crippen LogP contribution is 2.02. The first-order chi connectivity index (χ1) is 6.51. The number of hydrogen-bond donors (Lipinski definition) is 1. The quantitative estimate of drug-likeness (QED) is 0.734. The third-order valence-electron chi connectivity index (χ3n) is 1.91. The van der Waals surface area contributed by atoms with Crippen molar-refractivity contribution in [3.05, 3.63) is 0 Å². The summed E-state index contributed by atoms with van der Waals surface area (Å²) in [6, 6.07) is 0. The Bertz CT molecular complexity index is 172. The minimum absolute atomic E-state index is 0.0651.